The second kappa shape index (κ2) is 12.2. The topological polar surface area (TPSA) is 98.1 Å². The lowest BCUT2D eigenvalue weighted by Crippen LogP contribution is -2.41. The quantitative estimate of drug-likeness (QED) is 0.222. The molecule has 178 valence electrons. The fraction of sp³-hybridized carbons (Fsp3) is 0.320. The van der Waals surface area contributed by atoms with Gasteiger partial charge in [-0.1, -0.05) is 19.1 Å². The Hall–Kier alpha value is -3.35. The van der Waals surface area contributed by atoms with Gasteiger partial charge in [0, 0.05) is 13.1 Å². The van der Waals surface area contributed by atoms with Gasteiger partial charge >= 0.3 is 5.97 Å². The minimum absolute atomic E-state index is 0.00164. The van der Waals surface area contributed by atoms with Gasteiger partial charge in [-0.25, -0.2) is 4.79 Å². The number of benzene rings is 2. The van der Waals surface area contributed by atoms with Crippen molar-refractivity contribution in [1.82, 2.24) is 4.90 Å². The van der Waals surface area contributed by atoms with Crippen LogP contribution in [0.15, 0.2) is 46.4 Å². The fourth-order valence-electron chi connectivity index (χ4n) is 3.27. The number of halogens is 1. The number of esters is 1. The predicted molar refractivity (Wildman–Crippen MR) is 129 cm³/mol. The van der Waals surface area contributed by atoms with E-state index in [9.17, 15) is 14.9 Å². The molecule has 0 unspecified atom stereocenters. The number of carbonyl (C=O) groups excluding carboxylic acids is 2. The zero-order valence-corrected chi connectivity index (χ0v) is 20.6. The Morgan fingerprint density at radius 1 is 1.15 bits per heavy atom. The van der Waals surface area contributed by atoms with Crippen LogP contribution in [-0.4, -0.2) is 56.8 Å². The van der Waals surface area contributed by atoms with Crippen LogP contribution in [0, 0.1) is 11.3 Å². The summed E-state index contributed by atoms with van der Waals surface area (Å²) in [6.45, 7) is 3.54. The van der Waals surface area contributed by atoms with Crippen molar-refractivity contribution in [2.24, 2.45) is 0 Å². The summed E-state index contributed by atoms with van der Waals surface area (Å²) >= 11 is 3.44. The van der Waals surface area contributed by atoms with Crippen LogP contribution in [0.25, 0.3) is 6.08 Å². The summed E-state index contributed by atoms with van der Waals surface area (Å²) in [6.07, 6.45) is 2.37. The average molecular weight is 529 g/mol. The minimum atomic E-state index is -0.603. The molecule has 34 heavy (non-hydrogen) atoms. The van der Waals surface area contributed by atoms with Gasteiger partial charge < -0.3 is 23.8 Å². The second-order valence-corrected chi connectivity index (χ2v) is 8.22. The maximum absolute atomic E-state index is 12.6. The van der Waals surface area contributed by atoms with Crippen molar-refractivity contribution >= 4 is 33.9 Å². The summed E-state index contributed by atoms with van der Waals surface area (Å²) < 4.78 is 22.3. The number of carbonyl (C=O) groups is 2. The van der Waals surface area contributed by atoms with Gasteiger partial charge in [-0.3, -0.25) is 4.79 Å². The van der Waals surface area contributed by atoms with Crippen molar-refractivity contribution in [3.63, 3.8) is 0 Å². The standard InChI is InChI=1S/C25H25BrN2O6/c1-3-17-4-6-21(20(26)13-17)33-16-24(29)34-22-7-5-18(14-23(22)31-2)12-19(15-27)25(30)28-8-10-32-11-9-28/h4-7,12-14H,3,8-11,16H2,1-2H3/b19-12+. The molecule has 1 aliphatic heterocycles. The van der Waals surface area contributed by atoms with Gasteiger partial charge in [0.15, 0.2) is 18.1 Å². The Labute approximate surface area is 206 Å². The first-order chi connectivity index (χ1) is 16.4. The molecule has 0 N–H and O–H groups in total. The summed E-state index contributed by atoms with van der Waals surface area (Å²) in [5, 5.41) is 9.48. The molecule has 0 radical (unpaired) electrons. The van der Waals surface area contributed by atoms with Crippen LogP contribution in [0.1, 0.15) is 18.1 Å². The van der Waals surface area contributed by atoms with Crippen LogP contribution in [0.5, 0.6) is 17.2 Å². The minimum Gasteiger partial charge on any atom is -0.493 e. The lowest BCUT2D eigenvalue weighted by Gasteiger charge is -2.26. The Morgan fingerprint density at radius 3 is 2.53 bits per heavy atom. The summed E-state index contributed by atoms with van der Waals surface area (Å²) in [5.41, 5.74) is 1.71. The van der Waals surface area contributed by atoms with E-state index >= 15 is 0 Å². The molecule has 3 rings (SSSR count). The first-order valence-electron chi connectivity index (χ1n) is 10.7. The number of nitrogens with zero attached hydrogens (tertiary/aromatic N) is 2. The third-order valence-corrected chi connectivity index (χ3v) is 5.74. The van der Waals surface area contributed by atoms with Gasteiger partial charge in [-0.05, 0) is 63.8 Å². The highest BCUT2D eigenvalue weighted by Gasteiger charge is 2.21. The SMILES string of the molecule is CCc1ccc(OCC(=O)Oc2ccc(/C=C(\C#N)C(=O)N3CCOCC3)cc2OC)c(Br)c1. The van der Waals surface area contributed by atoms with E-state index in [1.54, 1.807) is 29.2 Å². The van der Waals surface area contributed by atoms with Gasteiger partial charge in [-0.15, -0.1) is 0 Å². The molecule has 0 aromatic heterocycles. The molecule has 1 heterocycles. The molecule has 2 aromatic carbocycles. The number of nitriles is 1. The Kier molecular flexibility index (Phi) is 9.08. The van der Waals surface area contributed by atoms with Crippen molar-refractivity contribution in [2.45, 2.75) is 13.3 Å². The molecule has 0 aliphatic carbocycles. The molecule has 1 aliphatic rings. The predicted octanol–water partition coefficient (Wildman–Crippen LogP) is 3.77. The zero-order valence-electron chi connectivity index (χ0n) is 19.0. The maximum Gasteiger partial charge on any atom is 0.349 e. The molecular formula is C25H25BrN2O6. The van der Waals surface area contributed by atoms with Gasteiger partial charge in [0.25, 0.3) is 5.91 Å². The van der Waals surface area contributed by atoms with Gasteiger partial charge in [0.05, 0.1) is 24.8 Å². The fourth-order valence-corrected chi connectivity index (χ4v) is 3.81. The van der Waals surface area contributed by atoms with Gasteiger partial charge in [-0.2, -0.15) is 5.26 Å². The van der Waals surface area contributed by atoms with E-state index in [1.807, 2.05) is 18.2 Å². The van der Waals surface area contributed by atoms with E-state index in [-0.39, 0.29) is 29.6 Å². The molecule has 0 saturated carbocycles. The number of aryl methyl sites for hydroxylation is 1. The normalized spacial score (nSPS) is 13.7. The number of amides is 1. The van der Waals surface area contributed by atoms with Gasteiger partial charge in [0.2, 0.25) is 0 Å². The maximum atomic E-state index is 12.6. The van der Waals surface area contributed by atoms with E-state index < -0.39 is 5.97 Å². The highest BCUT2D eigenvalue weighted by molar-refractivity contribution is 9.10. The molecule has 9 heteroatoms. The summed E-state index contributed by atoms with van der Waals surface area (Å²) in [6, 6.07) is 12.4. The summed E-state index contributed by atoms with van der Waals surface area (Å²) in [5.74, 6) is 0.0674. The largest absolute Gasteiger partial charge is 0.493 e. The Bertz CT molecular complexity index is 1120. The molecule has 2 aromatic rings. The molecule has 0 bridgehead atoms. The molecule has 8 nitrogen and oxygen atoms in total. The van der Waals surface area contributed by atoms with Crippen molar-refractivity contribution in [3.05, 3.63) is 57.6 Å². The van der Waals surface area contributed by atoms with E-state index in [0.29, 0.717) is 37.6 Å². The highest BCUT2D eigenvalue weighted by atomic mass is 79.9. The van der Waals surface area contributed by atoms with Crippen molar-refractivity contribution in [2.75, 3.05) is 40.0 Å². The highest BCUT2D eigenvalue weighted by Crippen LogP contribution is 2.30. The van der Waals surface area contributed by atoms with E-state index in [2.05, 4.69) is 22.9 Å². The van der Waals surface area contributed by atoms with E-state index in [0.717, 1.165) is 16.5 Å². The first kappa shape index (κ1) is 25.3. The van der Waals surface area contributed by atoms with Crippen LogP contribution >= 0.6 is 15.9 Å². The number of morpholine rings is 1. The number of hydrogen-bond donors (Lipinski definition) is 0. The van der Waals surface area contributed by atoms with Crippen molar-refractivity contribution in [1.29, 1.82) is 5.26 Å². The van der Waals surface area contributed by atoms with Crippen LogP contribution in [0.4, 0.5) is 0 Å². The van der Waals surface area contributed by atoms with Crippen molar-refractivity contribution in [3.8, 4) is 23.3 Å². The Morgan fingerprint density at radius 2 is 1.88 bits per heavy atom. The van der Waals surface area contributed by atoms with E-state index in [4.69, 9.17) is 18.9 Å². The molecule has 0 atom stereocenters. The Balaban J connectivity index is 1.67. The lowest BCUT2D eigenvalue weighted by atomic mass is 10.1. The molecule has 1 saturated heterocycles. The third kappa shape index (κ3) is 6.59. The van der Waals surface area contributed by atoms with Crippen LogP contribution in [-0.2, 0) is 20.7 Å². The monoisotopic (exact) mass is 528 g/mol. The van der Waals surface area contributed by atoms with Crippen LogP contribution in [0.2, 0.25) is 0 Å². The van der Waals surface area contributed by atoms with Crippen molar-refractivity contribution < 1.29 is 28.5 Å². The number of hydrogen-bond acceptors (Lipinski definition) is 7. The molecule has 1 fully saturated rings. The number of rotatable bonds is 8. The zero-order chi connectivity index (χ0) is 24.5. The summed E-state index contributed by atoms with van der Waals surface area (Å²) in [7, 11) is 1.44. The van der Waals surface area contributed by atoms with E-state index in [1.165, 1.54) is 13.2 Å². The summed E-state index contributed by atoms with van der Waals surface area (Å²) in [4.78, 5) is 26.5. The molecule has 0 spiro atoms. The molecule has 1 amide bonds. The molecular weight excluding hydrogens is 504 g/mol. The first-order valence-corrected chi connectivity index (χ1v) is 11.5. The van der Waals surface area contributed by atoms with Crippen LogP contribution < -0.4 is 14.2 Å². The lowest BCUT2D eigenvalue weighted by molar-refractivity contribution is -0.136. The number of ether oxygens (including phenoxy) is 4. The average Bonchev–Trinajstić information content (AvgIpc) is 2.87. The van der Waals surface area contributed by atoms with Gasteiger partial charge in [0.1, 0.15) is 17.4 Å². The number of methoxy groups -OCH3 is 1. The second-order valence-electron chi connectivity index (χ2n) is 7.37. The smallest absolute Gasteiger partial charge is 0.349 e. The third-order valence-electron chi connectivity index (χ3n) is 5.12. The van der Waals surface area contributed by atoms with Crippen LogP contribution in [0.3, 0.4) is 0 Å².